The Kier molecular flexibility index (Phi) is 5.44. The van der Waals surface area contributed by atoms with E-state index in [0.717, 1.165) is 19.3 Å². The first-order valence-corrected chi connectivity index (χ1v) is 10.2. The lowest BCUT2D eigenvalue weighted by molar-refractivity contribution is -0.136. The highest BCUT2D eigenvalue weighted by atomic mass is 35.5. The fourth-order valence-corrected chi connectivity index (χ4v) is 4.62. The molecular formula is C20H24ClN3O4. The van der Waals surface area contributed by atoms with Crippen LogP contribution in [0, 0.1) is 0 Å². The van der Waals surface area contributed by atoms with Gasteiger partial charge in [0.05, 0.1) is 17.1 Å². The second-order valence-electron chi connectivity index (χ2n) is 7.50. The first kappa shape index (κ1) is 19.1. The highest BCUT2D eigenvalue weighted by molar-refractivity contribution is 6.33. The normalized spacial score (nSPS) is 23.2. The van der Waals surface area contributed by atoms with Crippen molar-refractivity contribution in [3.05, 3.63) is 34.9 Å². The Labute approximate surface area is 169 Å². The smallest absolute Gasteiger partial charge is 0.410 e. The van der Waals surface area contributed by atoms with Crippen molar-refractivity contribution in [1.29, 1.82) is 0 Å². The molecule has 3 heterocycles. The van der Waals surface area contributed by atoms with Crippen molar-refractivity contribution >= 4 is 29.5 Å². The van der Waals surface area contributed by atoms with Crippen molar-refractivity contribution in [3.63, 3.8) is 0 Å². The van der Waals surface area contributed by atoms with Crippen LogP contribution in [-0.2, 0) is 9.53 Å². The fraction of sp³-hybridized carbons (Fsp3) is 0.550. The lowest BCUT2D eigenvalue weighted by Crippen LogP contribution is -2.52. The molecule has 0 N–H and O–H groups in total. The highest BCUT2D eigenvalue weighted by Gasteiger charge is 2.39. The monoisotopic (exact) mass is 405 g/mol. The molecule has 0 radical (unpaired) electrons. The second kappa shape index (κ2) is 7.99. The van der Waals surface area contributed by atoms with Gasteiger partial charge in [0.15, 0.2) is 0 Å². The van der Waals surface area contributed by atoms with Crippen LogP contribution < -0.4 is 0 Å². The number of hydrogen-bond donors (Lipinski definition) is 0. The molecule has 3 saturated heterocycles. The maximum absolute atomic E-state index is 13.1. The summed E-state index contributed by atoms with van der Waals surface area (Å²) in [6.07, 6.45) is 2.71. The van der Waals surface area contributed by atoms with Crippen LogP contribution >= 0.6 is 11.6 Å². The third-order valence-corrected chi connectivity index (χ3v) is 6.24. The van der Waals surface area contributed by atoms with E-state index < -0.39 is 6.04 Å². The molecule has 1 aromatic rings. The van der Waals surface area contributed by atoms with E-state index in [1.165, 1.54) is 0 Å². The van der Waals surface area contributed by atoms with Crippen LogP contribution in [0.2, 0.25) is 5.02 Å². The van der Waals surface area contributed by atoms with Gasteiger partial charge in [0, 0.05) is 25.7 Å². The summed E-state index contributed by atoms with van der Waals surface area (Å²) in [4.78, 5) is 43.1. The third kappa shape index (κ3) is 3.55. The molecule has 8 heteroatoms. The molecular weight excluding hydrogens is 382 g/mol. The van der Waals surface area contributed by atoms with Gasteiger partial charge in [0.2, 0.25) is 5.91 Å². The van der Waals surface area contributed by atoms with E-state index >= 15 is 0 Å². The highest BCUT2D eigenvalue weighted by Crippen LogP contribution is 2.27. The van der Waals surface area contributed by atoms with E-state index in [-0.39, 0.29) is 23.9 Å². The van der Waals surface area contributed by atoms with Crippen molar-refractivity contribution in [3.8, 4) is 0 Å². The molecule has 7 nitrogen and oxygen atoms in total. The van der Waals surface area contributed by atoms with Crippen molar-refractivity contribution in [1.82, 2.24) is 14.7 Å². The van der Waals surface area contributed by atoms with Crippen LogP contribution in [0.25, 0.3) is 0 Å². The lowest BCUT2D eigenvalue weighted by atomic mass is 10.0. The zero-order valence-corrected chi connectivity index (χ0v) is 16.4. The average molecular weight is 406 g/mol. The summed E-state index contributed by atoms with van der Waals surface area (Å²) in [5.41, 5.74) is 0.440. The Hall–Kier alpha value is -2.28. The topological polar surface area (TPSA) is 70.2 Å². The van der Waals surface area contributed by atoms with E-state index in [9.17, 15) is 14.4 Å². The molecule has 0 aromatic heterocycles. The Morgan fingerprint density at radius 3 is 2.46 bits per heavy atom. The standard InChI is InChI=1S/C20H24ClN3O4/c21-16-5-2-1-4-15(16)18(25)24-9-3-6-17(24)19(26)22-10-7-14(8-11-22)23-12-13-28-20(23)27/h1-2,4-5,14,17H,3,6-13H2/t17-/m1/s1. The molecule has 4 rings (SSSR count). The van der Waals surface area contributed by atoms with Gasteiger partial charge in [0.1, 0.15) is 12.6 Å². The SMILES string of the molecule is O=C([C@H]1CCCN1C(=O)c1ccccc1Cl)N1CCC(N2CCOC2=O)CC1. The summed E-state index contributed by atoms with van der Waals surface area (Å²) in [5, 5.41) is 0.406. The van der Waals surface area contributed by atoms with E-state index in [2.05, 4.69) is 0 Å². The average Bonchev–Trinajstić information content (AvgIpc) is 3.36. The molecule has 3 amide bonds. The third-order valence-electron chi connectivity index (χ3n) is 5.91. The molecule has 1 aromatic carbocycles. The first-order valence-electron chi connectivity index (χ1n) is 9.84. The second-order valence-corrected chi connectivity index (χ2v) is 7.91. The molecule has 150 valence electrons. The van der Waals surface area contributed by atoms with Crippen LogP contribution in [0.1, 0.15) is 36.0 Å². The number of rotatable bonds is 3. The number of halogens is 1. The van der Waals surface area contributed by atoms with Crippen molar-refractivity contribution < 1.29 is 19.1 Å². The number of piperidine rings is 1. The van der Waals surface area contributed by atoms with Gasteiger partial charge >= 0.3 is 6.09 Å². The molecule has 0 saturated carbocycles. The molecule has 1 atom stereocenters. The summed E-state index contributed by atoms with van der Waals surface area (Å²) < 4.78 is 5.02. The minimum Gasteiger partial charge on any atom is -0.448 e. The molecule has 0 bridgehead atoms. The predicted octanol–water partition coefficient (Wildman–Crippen LogP) is 2.39. The fourth-order valence-electron chi connectivity index (χ4n) is 4.40. The lowest BCUT2D eigenvalue weighted by Gasteiger charge is -2.37. The van der Waals surface area contributed by atoms with Crippen molar-refractivity contribution in [2.24, 2.45) is 0 Å². The summed E-state index contributed by atoms with van der Waals surface area (Å²) in [7, 11) is 0. The number of benzene rings is 1. The van der Waals surface area contributed by atoms with Gasteiger partial charge in [-0.1, -0.05) is 23.7 Å². The molecule has 3 aliphatic heterocycles. The van der Waals surface area contributed by atoms with Gasteiger partial charge in [-0.05, 0) is 37.8 Å². The van der Waals surface area contributed by atoms with Gasteiger partial charge in [0.25, 0.3) is 5.91 Å². The number of likely N-dealkylation sites (tertiary alicyclic amines) is 2. The Bertz CT molecular complexity index is 778. The number of amides is 3. The van der Waals surface area contributed by atoms with Crippen LogP contribution in [-0.4, -0.2) is 77.5 Å². The van der Waals surface area contributed by atoms with Crippen LogP contribution in [0.15, 0.2) is 24.3 Å². The van der Waals surface area contributed by atoms with Crippen LogP contribution in [0.3, 0.4) is 0 Å². The van der Waals surface area contributed by atoms with Gasteiger partial charge < -0.3 is 19.4 Å². The van der Waals surface area contributed by atoms with Gasteiger partial charge in [-0.3, -0.25) is 9.59 Å². The summed E-state index contributed by atoms with van der Waals surface area (Å²) >= 11 is 6.18. The Morgan fingerprint density at radius 2 is 1.79 bits per heavy atom. The number of cyclic esters (lactones) is 1. The van der Waals surface area contributed by atoms with Crippen LogP contribution in [0.5, 0.6) is 0 Å². The number of nitrogens with zero attached hydrogens (tertiary/aromatic N) is 3. The van der Waals surface area contributed by atoms with E-state index in [1.807, 2.05) is 4.90 Å². The van der Waals surface area contributed by atoms with Crippen LogP contribution in [0.4, 0.5) is 4.79 Å². The van der Waals surface area contributed by atoms with Crippen molar-refractivity contribution in [2.75, 3.05) is 32.8 Å². The molecule has 3 aliphatic rings. The van der Waals surface area contributed by atoms with Crippen molar-refractivity contribution in [2.45, 2.75) is 37.8 Å². The first-order chi connectivity index (χ1) is 13.6. The Morgan fingerprint density at radius 1 is 1.04 bits per heavy atom. The van der Waals surface area contributed by atoms with Gasteiger partial charge in [-0.15, -0.1) is 0 Å². The molecule has 0 unspecified atom stereocenters. The number of carbonyl (C=O) groups is 3. The number of ether oxygens (including phenoxy) is 1. The maximum Gasteiger partial charge on any atom is 0.410 e. The van der Waals surface area contributed by atoms with E-state index in [1.54, 1.807) is 34.1 Å². The summed E-state index contributed by atoms with van der Waals surface area (Å²) in [6.45, 7) is 2.83. The van der Waals surface area contributed by atoms with E-state index in [4.69, 9.17) is 16.3 Å². The molecule has 0 aliphatic carbocycles. The van der Waals surface area contributed by atoms with Gasteiger partial charge in [-0.2, -0.15) is 0 Å². The minimum atomic E-state index is -0.433. The largest absolute Gasteiger partial charge is 0.448 e. The predicted molar refractivity (Wildman–Crippen MR) is 103 cm³/mol. The quantitative estimate of drug-likeness (QED) is 0.774. The minimum absolute atomic E-state index is 0.000326. The zero-order valence-electron chi connectivity index (χ0n) is 15.7. The molecule has 3 fully saturated rings. The number of carbonyl (C=O) groups excluding carboxylic acids is 3. The summed E-state index contributed by atoms with van der Waals surface area (Å²) in [6, 6.07) is 6.65. The van der Waals surface area contributed by atoms with E-state index in [0.29, 0.717) is 49.8 Å². The molecule has 28 heavy (non-hydrogen) atoms. The zero-order chi connectivity index (χ0) is 19.7. The molecule has 0 spiro atoms. The summed E-state index contributed by atoms with van der Waals surface area (Å²) in [5.74, 6) is -0.184. The number of hydrogen-bond acceptors (Lipinski definition) is 4. The van der Waals surface area contributed by atoms with Gasteiger partial charge in [-0.25, -0.2) is 4.79 Å². The Balaban J connectivity index is 1.40. The maximum atomic E-state index is 13.1.